The van der Waals surface area contributed by atoms with E-state index < -0.39 is 30.1 Å². The fourth-order valence-electron chi connectivity index (χ4n) is 3.99. The number of carboxylic acid groups (broad SMARTS) is 1. The predicted octanol–water partition coefficient (Wildman–Crippen LogP) is 1.24. The van der Waals surface area contributed by atoms with Crippen molar-refractivity contribution < 1.29 is 33.7 Å². The highest BCUT2D eigenvalue weighted by molar-refractivity contribution is 6.99. The number of ether oxygens (including phenoxy) is 3. The Morgan fingerprint density at radius 2 is 1.98 bits per heavy atom. The van der Waals surface area contributed by atoms with Crippen molar-refractivity contribution in [2.24, 2.45) is 11.1 Å². The van der Waals surface area contributed by atoms with Gasteiger partial charge in [0.15, 0.2) is 0 Å². The molecule has 4 N–H and O–H groups in total. The summed E-state index contributed by atoms with van der Waals surface area (Å²) in [5, 5.41) is 11.8. The molecule has 0 saturated carbocycles. The molecule has 2 aromatic heterocycles. The maximum Gasteiger partial charge on any atom is 0.326 e. The molecule has 0 aromatic carbocycles. The number of carbonyl (C=O) groups is 3. The van der Waals surface area contributed by atoms with E-state index in [9.17, 15) is 19.5 Å². The number of nitrogens with zero attached hydrogens (tertiary/aromatic N) is 5. The monoisotopic (exact) mass is 595 g/mol. The highest BCUT2D eigenvalue weighted by atomic mass is 32.1. The number of hydrogen-bond acceptors (Lipinski definition) is 12. The van der Waals surface area contributed by atoms with Gasteiger partial charge in [-0.25, -0.2) is 9.78 Å². The largest absolute Gasteiger partial charge is 0.480 e. The summed E-state index contributed by atoms with van der Waals surface area (Å²) in [4.78, 5) is 42.5. The predicted molar refractivity (Wildman–Crippen MR) is 151 cm³/mol. The third kappa shape index (κ3) is 10.9. The fraction of sp³-hybridized carbons (Fsp3) is 0.692. The van der Waals surface area contributed by atoms with Gasteiger partial charge in [-0.15, -0.1) is 4.37 Å². The first-order valence-electron chi connectivity index (χ1n) is 13.7. The lowest BCUT2D eigenvalue weighted by atomic mass is 9.89. The summed E-state index contributed by atoms with van der Waals surface area (Å²) in [6.45, 7) is 10.9. The van der Waals surface area contributed by atoms with Gasteiger partial charge in [0.2, 0.25) is 11.7 Å². The average molecular weight is 596 g/mol. The van der Waals surface area contributed by atoms with Gasteiger partial charge in [-0.3, -0.25) is 9.59 Å². The molecule has 1 saturated heterocycles. The molecule has 2 aromatic rings. The van der Waals surface area contributed by atoms with Crippen LogP contribution in [0.3, 0.4) is 0 Å². The SMILES string of the molecule is CC(N)C(=O)NC(Cc1cn(CCC(=O)O[C@@H](CCC(C)(C)C)COc2nsnc2N2CCOCC2)cn1)C(=O)O. The minimum atomic E-state index is -1.19. The summed E-state index contributed by atoms with van der Waals surface area (Å²) in [6, 6.07) is -2.00. The standard InChI is InChI=1S/C26H41N7O7S/c1-17(27)23(35)29-20(25(36)37)13-18-14-32(16-28-18)8-6-21(34)40-19(5-7-26(2,3)4)15-39-24-22(30-41-31-24)33-9-11-38-12-10-33/h14,16-17,19-20H,5-13,15,27H2,1-4H3,(H,29,35)(H,36,37)/t17?,19-,20?/m0/s1. The van der Waals surface area contributed by atoms with Gasteiger partial charge >= 0.3 is 11.9 Å². The first-order chi connectivity index (χ1) is 19.4. The number of amides is 1. The topological polar surface area (TPSA) is 184 Å². The molecule has 0 radical (unpaired) electrons. The Hall–Kier alpha value is -3.30. The summed E-state index contributed by atoms with van der Waals surface area (Å²) in [6.07, 6.45) is 4.21. The maximum atomic E-state index is 12.8. The van der Waals surface area contributed by atoms with Crippen molar-refractivity contribution in [2.45, 2.75) is 78.1 Å². The van der Waals surface area contributed by atoms with Crippen LogP contribution in [0.15, 0.2) is 12.5 Å². The van der Waals surface area contributed by atoms with Crippen molar-refractivity contribution in [1.29, 1.82) is 0 Å². The van der Waals surface area contributed by atoms with Gasteiger partial charge in [0.05, 0.1) is 49.4 Å². The molecule has 2 unspecified atom stereocenters. The van der Waals surface area contributed by atoms with Crippen LogP contribution in [0.2, 0.25) is 0 Å². The van der Waals surface area contributed by atoms with E-state index >= 15 is 0 Å². The lowest BCUT2D eigenvalue weighted by Crippen LogP contribution is -2.48. The van der Waals surface area contributed by atoms with Crippen LogP contribution in [0, 0.1) is 5.41 Å². The summed E-state index contributed by atoms with van der Waals surface area (Å²) in [5.74, 6) is -1.03. The Morgan fingerprint density at radius 1 is 1.24 bits per heavy atom. The molecule has 1 amide bonds. The Labute approximate surface area is 243 Å². The molecule has 41 heavy (non-hydrogen) atoms. The quantitative estimate of drug-likeness (QED) is 0.251. The number of morpholine rings is 1. The van der Waals surface area contributed by atoms with E-state index in [2.05, 4.69) is 44.7 Å². The van der Waals surface area contributed by atoms with E-state index in [0.717, 1.165) is 18.1 Å². The summed E-state index contributed by atoms with van der Waals surface area (Å²) in [5.41, 5.74) is 6.03. The summed E-state index contributed by atoms with van der Waals surface area (Å²) < 4.78 is 27.6. The van der Waals surface area contributed by atoms with Gasteiger partial charge in [-0.2, -0.15) is 4.37 Å². The van der Waals surface area contributed by atoms with Gasteiger partial charge in [-0.1, -0.05) is 20.8 Å². The number of nitrogens with two attached hydrogens (primary N) is 1. The number of imidazole rings is 1. The van der Waals surface area contributed by atoms with Crippen LogP contribution < -0.4 is 20.7 Å². The highest BCUT2D eigenvalue weighted by Gasteiger charge is 2.25. The molecule has 1 fully saturated rings. The molecule has 14 nitrogen and oxygen atoms in total. The zero-order chi connectivity index (χ0) is 30.0. The smallest absolute Gasteiger partial charge is 0.326 e. The molecule has 1 aliphatic rings. The van der Waals surface area contributed by atoms with Crippen molar-refractivity contribution in [3.63, 3.8) is 0 Å². The molecule has 1 aliphatic heterocycles. The van der Waals surface area contributed by atoms with Crippen LogP contribution in [0.4, 0.5) is 5.82 Å². The van der Waals surface area contributed by atoms with Crippen LogP contribution >= 0.6 is 11.7 Å². The molecule has 3 rings (SSSR count). The van der Waals surface area contributed by atoms with E-state index in [0.29, 0.717) is 56.7 Å². The first kappa shape index (κ1) is 32.2. The van der Waals surface area contributed by atoms with Gasteiger partial charge in [0.25, 0.3) is 5.88 Å². The van der Waals surface area contributed by atoms with Crippen molar-refractivity contribution in [3.8, 4) is 5.88 Å². The molecule has 0 aliphatic carbocycles. The highest BCUT2D eigenvalue weighted by Crippen LogP contribution is 2.28. The minimum Gasteiger partial charge on any atom is -0.480 e. The average Bonchev–Trinajstić information content (AvgIpc) is 3.58. The van der Waals surface area contributed by atoms with Crippen LogP contribution in [-0.4, -0.2) is 92.3 Å². The number of aromatic nitrogens is 4. The van der Waals surface area contributed by atoms with E-state index in [4.69, 9.17) is 19.9 Å². The van der Waals surface area contributed by atoms with E-state index in [1.807, 2.05) is 0 Å². The Bertz CT molecular complexity index is 1140. The first-order valence-corrected chi connectivity index (χ1v) is 14.4. The van der Waals surface area contributed by atoms with E-state index in [1.165, 1.54) is 13.3 Å². The van der Waals surface area contributed by atoms with Gasteiger partial charge < -0.3 is 39.8 Å². The Morgan fingerprint density at radius 3 is 2.63 bits per heavy atom. The second kappa shape index (κ2) is 15.1. The summed E-state index contributed by atoms with van der Waals surface area (Å²) >= 11 is 1.08. The number of anilines is 1. The van der Waals surface area contributed by atoms with Crippen LogP contribution in [0.5, 0.6) is 5.88 Å². The number of aryl methyl sites for hydroxylation is 1. The van der Waals surface area contributed by atoms with Gasteiger partial charge in [0.1, 0.15) is 18.8 Å². The number of aliphatic carboxylic acids is 1. The van der Waals surface area contributed by atoms with E-state index in [1.54, 1.807) is 10.8 Å². The molecule has 0 bridgehead atoms. The van der Waals surface area contributed by atoms with Crippen molar-refractivity contribution in [2.75, 3.05) is 37.8 Å². The molecule has 228 valence electrons. The minimum absolute atomic E-state index is 0.0185. The van der Waals surface area contributed by atoms with Crippen molar-refractivity contribution >= 4 is 35.4 Å². The number of esters is 1. The lowest BCUT2D eigenvalue weighted by molar-refractivity contribution is -0.151. The van der Waals surface area contributed by atoms with Crippen LogP contribution in [0.1, 0.15) is 52.7 Å². The molecule has 0 spiro atoms. The molecular formula is C26H41N7O7S. The van der Waals surface area contributed by atoms with Crippen molar-refractivity contribution in [3.05, 3.63) is 18.2 Å². The second-order valence-electron chi connectivity index (χ2n) is 11.3. The number of carboxylic acids is 1. The van der Waals surface area contributed by atoms with E-state index in [-0.39, 0.29) is 30.8 Å². The molecular weight excluding hydrogens is 554 g/mol. The number of carbonyl (C=O) groups excluding carboxylic acids is 2. The Balaban J connectivity index is 1.54. The Kier molecular flexibility index (Phi) is 11.8. The maximum absolute atomic E-state index is 12.8. The molecule has 15 heteroatoms. The normalized spacial score (nSPS) is 16.1. The second-order valence-corrected chi connectivity index (χ2v) is 11.8. The van der Waals surface area contributed by atoms with Crippen molar-refractivity contribution in [1.82, 2.24) is 23.6 Å². The van der Waals surface area contributed by atoms with Crippen LogP contribution in [-0.2, 0) is 36.8 Å². The van der Waals surface area contributed by atoms with Gasteiger partial charge in [-0.05, 0) is 25.2 Å². The molecule has 3 heterocycles. The number of hydrogen-bond donors (Lipinski definition) is 3. The van der Waals surface area contributed by atoms with Crippen LogP contribution in [0.25, 0.3) is 0 Å². The number of rotatable bonds is 15. The third-order valence-electron chi connectivity index (χ3n) is 6.38. The zero-order valence-corrected chi connectivity index (χ0v) is 24.9. The van der Waals surface area contributed by atoms with Gasteiger partial charge in [0, 0.05) is 32.3 Å². The molecule has 3 atom stereocenters. The fourth-order valence-corrected chi connectivity index (χ4v) is 4.51. The number of nitrogens with one attached hydrogen (secondary N) is 1. The third-order valence-corrected chi connectivity index (χ3v) is 6.88. The zero-order valence-electron chi connectivity index (χ0n) is 24.1. The summed E-state index contributed by atoms with van der Waals surface area (Å²) in [7, 11) is 0. The lowest BCUT2D eigenvalue weighted by Gasteiger charge is -2.27.